The number of ether oxygens (including phenoxy) is 1. The minimum Gasteiger partial charge on any atom is -0.483 e. The van der Waals surface area contributed by atoms with E-state index in [1.165, 1.54) is 0 Å². The van der Waals surface area contributed by atoms with Crippen molar-refractivity contribution in [3.05, 3.63) is 62.5 Å². The molecule has 0 bridgehead atoms. The average molecular weight is 426 g/mol. The monoisotopic (exact) mass is 424 g/mol. The Kier molecular flexibility index (Phi) is 6.15. The molecule has 0 saturated heterocycles. The van der Waals surface area contributed by atoms with E-state index in [0.29, 0.717) is 5.75 Å². The van der Waals surface area contributed by atoms with E-state index in [2.05, 4.69) is 42.4 Å². The van der Waals surface area contributed by atoms with Crippen molar-refractivity contribution in [3.63, 3.8) is 0 Å². The topological polar surface area (TPSA) is 50.7 Å². The van der Waals surface area contributed by atoms with E-state index in [1.807, 2.05) is 49.4 Å². The molecule has 2 aromatic carbocycles. The number of nitrogens with zero attached hydrogens (tertiary/aromatic N) is 1. The fourth-order valence-electron chi connectivity index (χ4n) is 1.68. The predicted octanol–water partition coefficient (Wildman–Crippen LogP) is 4.05. The number of nitrogens with one attached hydrogen (secondary N) is 1. The summed E-state index contributed by atoms with van der Waals surface area (Å²) in [6.07, 6.45) is 1.58. The van der Waals surface area contributed by atoms with Gasteiger partial charge in [-0.1, -0.05) is 44.0 Å². The number of amides is 1. The summed E-state index contributed by atoms with van der Waals surface area (Å²) in [6.45, 7) is 1.84. The molecule has 0 heterocycles. The zero-order valence-electron chi connectivity index (χ0n) is 11.8. The van der Waals surface area contributed by atoms with Crippen molar-refractivity contribution in [1.29, 1.82) is 0 Å². The molecule has 0 aliphatic carbocycles. The first-order chi connectivity index (χ1) is 10.5. The quantitative estimate of drug-likeness (QED) is 0.580. The van der Waals surface area contributed by atoms with Crippen molar-refractivity contribution in [1.82, 2.24) is 5.43 Å². The standard InChI is InChI=1S/C16H14Br2N2O2/c1-11-8-14(18)6-7-15(11)22-10-16(21)20-19-9-12-2-4-13(17)5-3-12/h2-9H,10H2,1H3,(H,20,21)/b19-9+. The molecule has 114 valence electrons. The number of aryl methyl sites for hydroxylation is 1. The lowest BCUT2D eigenvalue weighted by Gasteiger charge is -2.08. The smallest absolute Gasteiger partial charge is 0.277 e. The summed E-state index contributed by atoms with van der Waals surface area (Å²) >= 11 is 6.74. The number of hydrogen-bond donors (Lipinski definition) is 1. The van der Waals surface area contributed by atoms with Crippen molar-refractivity contribution >= 4 is 44.0 Å². The van der Waals surface area contributed by atoms with Gasteiger partial charge in [0.1, 0.15) is 5.75 Å². The van der Waals surface area contributed by atoms with Gasteiger partial charge in [-0.15, -0.1) is 0 Å². The van der Waals surface area contributed by atoms with E-state index in [4.69, 9.17) is 4.74 Å². The van der Waals surface area contributed by atoms with Crippen molar-refractivity contribution in [2.75, 3.05) is 6.61 Å². The van der Waals surface area contributed by atoms with Crippen LogP contribution in [0.25, 0.3) is 0 Å². The Labute approximate surface area is 145 Å². The second-order valence-electron chi connectivity index (χ2n) is 4.54. The first kappa shape index (κ1) is 16.7. The van der Waals surface area contributed by atoms with Gasteiger partial charge in [0.15, 0.2) is 6.61 Å². The van der Waals surface area contributed by atoms with Crippen LogP contribution in [0.4, 0.5) is 0 Å². The van der Waals surface area contributed by atoms with Gasteiger partial charge in [-0.25, -0.2) is 5.43 Å². The molecule has 0 unspecified atom stereocenters. The lowest BCUT2D eigenvalue weighted by atomic mass is 10.2. The number of hydrogen-bond acceptors (Lipinski definition) is 3. The predicted molar refractivity (Wildman–Crippen MR) is 94.3 cm³/mol. The highest BCUT2D eigenvalue weighted by Gasteiger charge is 2.04. The van der Waals surface area contributed by atoms with E-state index in [-0.39, 0.29) is 12.5 Å². The van der Waals surface area contributed by atoms with Crippen molar-refractivity contribution in [2.45, 2.75) is 6.92 Å². The average Bonchev–Trinajstić information content (AvgIpc) is 2.48. The fraction of sp³-hybridized carbons (Fsp3) is 0.125. The van der Waals surface area contributed by atoms with Gasteiger partial charge in [-0.2, -0.15) is 5.10 Å². The molecule has 6 heteroatoms. The Morgan fingerprint density at radius 2 is 1.86 bits per heavy atom. The molecule has 1 amide bonds. The number of carbonyl (C=O) groups excluding carboxylic acids is 1. The second kappa shape index (κ2) is 8.10. The van der Waals surface area contributed by atoms with Gasteiger partial charge in [0.05, 0.1) is 6.21 Å². The third-order valence-electron chi connectivity index (χ3n) is 2.77. The highest BCUT2D eigenvalue weighted by Crippen LogP contribution is 2.21. The van der Waals surface area contributed by atoms with E-state index >= 15 is 0 Å². The van der Waals surface area contributed by atoms with Crippen molar-refractivity contribution < 1.29 is 9.53 Å². The van der Waals surface area contributed by atoms with Crippen LogP contribution in [-0.2, 0) is 4.79 Å². The highest BCUT2D eigenvalue weighted by molar-refractivity contribution is 9.10. The molecule has 0 aromatic heterocycles. The van der Waals surface area contributed by atoms with E-state index in [9.17, 15) is 4.79 Å². The minimum absolute atomic E-state index is 0.0832. The van der Waals surface area contributed by atoms with E-state index < -0.39 is 0 Å². The largest absolute Gasteiger partial charge is 0.483 e. The van der Waals surface area contributed by atoms with Crippen LogP contribution in [0.1, 0.15) is 11.1 Å². The van der Waals surface area contributed by atoms with Crippen molar-refractivity contribution in [3.8, 4) is 5.75 Å². The number of hydrazone groups is 1. The normalized spacial score (nSPS) is 10.7. The van der Waals surface area contributed by atoms with E-state index in [0.717, 1.165) is 20.1 Å². The van der Waals surface area contributed by atoms with E-state index in [1.54, 1.807) is 6.21 Å². The lowest BCUT2D eigenvalue weighted by molar-refractivity contribution is -0.123. The first-order valence-electron chi connectivity index (χ1n) is 6.51. The van der Waals surface area contributed by atoms with Crippen LogP contribution in [0.3, 0.4) is 0 Å². The Morgan fingerprint density at radius 1 is 1.18 bits per heavy atom. The van der Waals surface area contributed by atoms with Crippen LogP contribution in [0.2, 0.25) is 0 Å². The van der Waals surface area contributed by atoms with Gasteiger partial charge in [0, 0.05) is 8.95 Å². The van der Waals surface area contributed by atoms with Crippen LogP contribution in [0.15, 0.2) is 56.5 Å². The van der Waals surface area contributed by atoms with Crippen molar-refractivity contribution in [2.24, 2.45) is 5.10 Å². The third-order valence-corrected chi connectivity index (χ3v) is 3.79. The molecule has 2 aromatic rings. The number of carbonyl (C=O) groups is 1. The number of benzene rings is 2. The lowest BCUT2D eigenvalue weighted by Crippen LogP contribution is -2.24. The third kappa shape index (κ3) is 5.27. The molecule has 1 N–H and O–H groups in total. The number of rotatable bonds is 5. The Morgan fingerprint density at radius 3 is 2.55 bits per heavy atom. The maximum absolute atomic E-state index is 11.7. The Balaban J connectivity index is 1.81. The molecule has 0 atom stereocenters. The van der Waals surface area contributed by atoms with Crippen LogP contribution in [0.5, 0.6) is 5.75 Å². The summed E-state index contributed by atoms with van der Waals surface area (Å²) in [7, 11) is 0. The van der Waals surface area contributed by atoms with Crippen LogP contribution >= 0.6 is 31.9 Å². The maximum atomic E-state index is 11.7. The molecule has 22 heavy (non-hydrogen) atoms. The Bertz CT molecular complexity index is 685. The molecule has 0 saturated carbocycles. The van der Waals surface area contributed by atoms with Gasteiger partial charge in [-0.05, 0) is 48.4 Å². The molecule has 0 radical (unpaired) electrons. The molecule has 0 fully saturated rings. The summed E-state index contributed by atoms with van der Waals surface area (Å²) in [5, 5.41) is 3.89. The Hall–Kier alpha value is -1.66. The second-order valence-corrected chi connectivity index (χ2v) is 6.37. The molecular formula is C16H14Br2N2O2. The molecule has 2 rings (SSSR count). The first-order valence-corrected chi connectivity index (χ1v) is 8.09. The minimum atomic E-state index is -0.310. The van der Waals surface area contributed by atoms with Gasteiger partial charge < -0.3 is 4.74 Å². The van der Waals surface area contributed by atoms with Crippen LogP contribution in [0, 0.1) is 6.92 Å². The van der Waals surface area contributed by atoms with Gasteiger partial charge in [0.25, 0.3) is 5.91 Å². The van der Waals surface area contributed by atoms with Gasteiger partial charge >= 0.3 is 0 Å². The fourth-order valence-corrected chi connectivity index (χ4v) is 2.42. The summed E-state index contributed by atoms with van der Waals surface area (Å²) in [4.78, 5) is 11.7. The molecular weight excluding hydrogens is 412 g/mol. The zero-order chi connectivity index (χ0) is 15.9. The zero-order valence-corrected chi connectivity index (χ0v) is 15.0. The SMILES string of the molecule is Cc1cc(Br)ccc1OCC(=O)N/N=C/c1ccc(Br)cc1. The molecule has 0 aliphatic rings. The summed E-state index contributed by atoms with van der Waals surface area (Å²) < 4.78 is 7.42. The highest BCUT2D eigenvalue weighted by atomic mass is 79.9. The van der Waals surface area contributed by atoms with Gasteiger partial charge in [-0.3, -0.25) is 4.79 Å². The van der Waals surface area contributed by atoms with Crippen LogP contribution in [-0.4, -0.2) is 18.7 Å². The maximum Gasteiger partial charge on any atom is 0.277 e. The summed E-state index contributed by atoms with van der Waals surface area (Å²) in [5.41, 5.74) is 4.29. The molecule has 4 nitrogen and oxygen atoms in total. The summed E-state index contributed by atoms with van der Waals surface area (Å²) in [5.74, 6) is 0.367. The molecule has 0 aliphatic heterocycles. The van der Waals surface area contributed by atoms with Crippen LogP contribution < -0.4 is 10.2 Å². The summed E-state index contributed by atoms with van der Waals surface area (Å²) in [6, 6.07) is 13.2. The molecule has 0 spiro atoms. The van der Waals surface area contributed by atoms with Gasteiger partial charge in [0.2, 0.25) is 0 Å². The number of halogens is 2.